The summed E-state index contributed by atoms with van der Waals surface area (Å²) in [6.45, 7) is 18.4. The number of furan rings is 2. The summed E-state index contributed by atoms with van der Waals surface area (Å²) in [6.07, 6.45) is 0. The van der Waals surface area contributed by atoms with Gasteiger partial charge in [0, 0.05) is 64.6 Å². The Bertz CT molecular complexity index is 5410. The van der Waals surface area contributed by atoms with Gasteiger partial charge >= 0.3 is 0 Å². The largest absolute Gasteiger partial charge is 0.456 e. The van der Waals surface area contributed by atoms with Crippen LogP contribution in [0.15, 0.2) is 203 Å². The number of hydrogen-bond donors (Lipinski definition) is 0. The van der Waals surface area contributed by atoms with Gasteiger partial charge in [-0.15, -0.1) is 0 Å². The number of nitriles is 1. The molecule has 0 saturated heterocycles. The van der Waals surface area contributed by atoms with Crippen molar-refractivity contribution in [2.24, 2.45) is 0 Å². The molecule has 17 rings (SSSR count). The van der Waals surface area contributed by atoms with Crippen molar-refractivity contribution in [3.05, 3.63) is 233 Å². The average molecular weight is 1030 g/mol. The third-order valence-corrected chi connectivity index (χ3v) is 17.0. The maximum absolute atomic E-state index is 12.7. The van der Waals surface area contributed by atoms with Gasteiger partial charge in [-0.3, -0.25) is 0 Å². The summed E-state index contributed by atoms with van der Waals surface area (Å²) >= 11 is 0. The number of fused-ring (bicyclic) bond motifs is 18. The number of nitrogens with zero attached hydrogens (tertiary/aromatic N) is 6. The van der Waals surface area contributed by atoms with Gasteiger partial charge in [-0.05, 0) is 125 Å². The van der Waals surface area contributed by atoms with Gasteiger partial charge in [-0.25, -0.2) is 4.85 Å². The molecular formula is C72H44N6O2. The molecule has 17 aromatic rings. The second-order valence-corrected chi connectivity index (χ2v) is 21.7. The Labute approximate surface area is 456 Å². The normalized spacial score (nSPS) is 12.2. The standard InChI is InChI=1S/C72H44N6O2/c1-39-22-26-58-47(30-39)48-31-40(2)23-27-59(48)75(58)69-55(38-73)70(77-56-18-10-6-14-43(56)51-36-66-53(34-62(51)77)45-16-8-12-20-64(45)79-66)72(76-60-28-24-41(3)32-49(60)50-33-42(4)25-29-61(50)76)71(68(69)74-5)78-57-19-11-7-15-44(57)52-37-67-54(35-63(52)78)46-17-9-13-21-65(46)80-67/h6-37H,1-4H3. The number of hydrogen-bond acceptors (Lipinski definition) is 3. The highest BCUT2D eigenvalue weighted by Gasteiger charge is 2.35. The molecule has 6 aromatic heterocycles. The molecule has 374 valence electrons. The van der Waals surface area contributed by atoms with E-state index in [1.165, 1.54) is 0 Å². The number of benzene rings is 11. The predicted molar refractivity (Wildman–Crippen MR) is 328 cm³/mol. The fourth-order valence-corrected chi connectivity index (χ4v) is 13.6. The van der Waals surface area contributed by atoms with Crippen LogP contribution in [0.2, 0.25) is 0 Å². The van der Waals surface area contributed by atoms with Crippen molar-refractivity contribution in [2.45, 2.75) is 27.7 Å². The topological polar surface area (TPSA) is 74.2 Å². The first-order valence-corrected chi connectivity index (χ1v) is 27.0. The summed E-state index contributed by atoms with van der Waals surface area (Å²) in [4.78, 5) is 4.83. The molecule has 0 atom stereocenters. The van der Waals surface area contributed by atoms with Crippen LogP contribution in [0.25, 0.3) is 159 Å². The molecule has 0 bridgehead atoms. The Morgan fingerprint density at radius 2 is 0.675 bits per heavy atom. The molecule has 0 radical (unpaired) electrons. The van der Waals surface area contributed by atoms with Gasteiger partial charge in [0.15, 0.2) is 0 Å². The lowest BCUT2D eigenvalue weighted by molar-refractivity contribution is 0.669. The molecule has 0 spiro atoms. The maximum atomic E-state index is 12.7. The molecule has 0 fully saturated rings. The second kappa shape index (κ2) is 15.9. The van der Waals surface area contributed by atoms with E-state index in [4.69, 9.17) is 13.7 Å². The summed E-state index contributed by atoms with van der Waals surface area (Å²) in [7, 11) is 0. The molecule has 0 saturated carbocycles. The number of rotatable bonds is 4. The Morgan fingerprint density at radius 3 is 1.10 bits per heavy atom. The lowest BCUT2D eigenvalue weighted by atomic mass is 10.0. The van der Waals surface area contributed by atoms with Crippen molar-refractivity contribution in [1.82, 2.24) is 18.3 Å². The van der Waals surface area contributed by atoms with E-state index in [0.29, 0.717) is 34.0 Å². The van der Waals surface area contributed by atoms with Crippen LogP contribution in [-0.2, 0) is 0 Å². The molecule has 6 heterocycles. The molecule has 0 aliphatic rings. The van der Waals surface area contributed by atoms with Gasteiger partial charge < -0.3 is 27.1 Å². The van der Waals surface area contributed by atoms with Crippen LogP contribution in [-0.4, -0.2) is 18.3 Å². The van der Waals surface area contributed by atoms with Crippen molar-refractivity contribution in [3.8, 4) is 28.8 Å². The van der Waals surface area contributed by atoms with E-state index >= 15 is 0 Å². The van der Waals surface area contributed by atoms with E-state index in [2.05, 4.69) is 222 Å². The molecule has 0 aliphatic carbocycles. The first-order valence-electron chi connectivity index (χ1n) is 27.0. The summed E-state index contributed by atoms with van der Waals surface area (Å²) in [6, 6.07) is 71.5. The number of para-hydroxylation sites is 4. The Kier molecular flexibility index (Phi) is 8.81. The van der Waals surface area contributed by atoms with Crippen molar-refractivity contribution in [2.75, 3.05) is 0 Å². The van der Waals surface area contributed by atoms with Crippen LogP contribution in [0.4, 0.5) is 5.69 Å². The van der Waals surface area contributed by atoms with Crippen molar-refractivity contribution >= 4 is 137 Å². The van der Waals surface area contributed by atoms with Gasteiger partial charge in [-0.1, -0.05) is 119 Å². The summed E-state index contributed by atoms with van der Waals surface area (Å²) in [5, 5.41) is 24.8. The molecule has 0 N–H and O–H groups in total. The molecule has 80 heavy (non-hydrogen) atoms. The molecule has 0 aliphatic heterocycles. The Hall–Kier alpha value is -10.8. The van der Waals surface area contributed by atoms with E-state index in [-0.39, 0.29) is 0 Å². The Balaban J connectivity index is 1.20. The average Bonchev–Trinajstić information content (AvgIpc) is 3.06. The second-order valence-electron chi connectivity index (χ2n) is 21.7. The summed E-state index contributed by atoms with van der Waals surface area (Å²) < 4.78 is 22.5. The van der Waals surface area contributed by atoms with Crippen LogP contribution in [0, 0.1) is 45.6 Å². The highest BCUT2D eigenvalue weighted by molar-refractivity contribution is 6.21. The summed E-state index contributed by atoms with van der Waals surface area (Å²) in [5.41, 5.74) is 18.1. The Morgan fingerprint density at radius 1 is 0.325 bits per heavy atom. The predicted octanol–water partition coefficient (Wildman–Crippen LogP) is 19.5. The first kappa shape index (κ1) is 44.3. The maximum Gasteiger partial charge on any atom is 0.237 e. The van der Waals surface area contributed by atoms with Crippen LogP contribution < -0.4 is 0 Å². The minimum absolute atomic E-state index is 0.332. The smallest absolute Gasteiger partial charge is 0.237 e. The zero-order chi connectivity index (χ0) is 53.4. The monoisotopic (exact) mass is 1020 g/mol. The van der Waals surface area contributed by atoms with E-state index < -0.39 is 0 Å². The molecule has 8 heteroatoms. The van der Waals surface area contributed by atoms with Crippen molar-refractivity contribution in [3.63, 3.8) is 0 Å². The summed E-state index contributed by atoms with van der Waals surface area (Å²) in [5.74, 6) is 0. The van der Waals surface area contributed by atoms with Gasteiger partial charge in [-0.2, -0.15) is 5.26 Å². The molecule has 0 unspecified atom stereocenters. The quantitative estimate of drug-likeness (QED) is 0.165. The zero-order valence-electron chi connectivity index (χ0n) is 44.0. The third-order valence-electron chi connectivity index (χ3n) is 17.0. The van der Waals surface area contributed by atoms with Crippen LogP contribution in [0.1, 0.15) is 27.8 Å². The fourth-order valence-electron chi connectivity index (χ4n) is 13.6. The van der Waals surface area contributed by atoms with Gasteiger partial charge in [0.25, 0.3) is 0 Å². The molecule has 8 nitrogen and oxygen atoms in total. The van der Waals surface area contributed by atoms with Crippen LogP contribution in [0.3, 0.4) is 0 Å². The van der Waals surface area contributed by atoms with E-state index in [9.17, 15) is 11.8 Å². The lowest BCUT2D eigenvalue weighted by Gasteiger charge is -2.27. The first-order chi connectivity index (χ1) is 39.2. The van der Waals surface area contributed by atoms with Gasteiger partial charge in [0.1, 0.15) is 28.4 Å². The highest BCUT2D eigenvalue weighted by atomic mass is 16.3. The highest BCUT2D eigenvalue weighted by Crippen LogP contribution is 2.53. The molecular weight excluding hydrogens is 981 g/mol. The van der Waals surface area contributed by atoms with Crippen LogP contribution >= 0.6 is 0 Å². The number of aryl methyl sites for hydroxylation is 4. The van der Waals surface area contributed by atoms with Crippen molar-refractivity contribution < 1.29 is 8.83 Å². The minimum atomic E-state index is 0.332. The zero-order valence-corrected chi connectivity index (χ0v) is 44.0. The number of aromatic nitrogens is 4. The van der Waals surface area contributed by atoms with Gasteiger partial charge in [0.2, 0.25) is 5.69 Å². The SMILES string of the molecule is [C-]#[N+]c1c(-n2c3ccc(C)cc3c3cc(C)ccc32)c(C#N)c(-n2c3ccccc3c3cc4oc5ccccc5c4cc32)c(-n2c3ccc(C)cc3c3cc(C)ccc32)c1-n1c2ccccc2c2cc3oc4ccccc4c3cc21. The van der Waals surface area contributed by atoms with E-state index in [0.717, 1.165) is 153 Å². The van der Waals surface area contributed by atoms with Crippen LogP contribution in [0.5, 0.6) is 0 Å². The van der Waals surface area contributed by atoms with Gasteiger partial charge in [0.05, 0.1) is 79.0 Å². The third kappa shape index (κ3) is 5.81. The molecule has 11 aromatic carbocycles. The van der Waals surface area contributed by atoms with Crippen molar-refractivity contribution in [1.29, 1.82) is 5.26 Å². The minimum Gasteiger partial charge on any atom is -0.456 e. The lowest BCUT2D eigenvalue weighted by Crippen LogP contribution is -2.14. The van der Waals surface area contributed by atoms with E-state index in [1.54, 1.807) is 0 Å². The molecule has 0 amide bonds. The van der Waals surface area contributed by atoms with E-state index in [1.807, 2.05) is 24.3 Å². The fraction of sp³-hybridized carbons (Fsp3) is 0.0556.